The number of nitrogens with one attached hydrogen (secondary N) is 1. The molecule has 3 aromatic rings. The van der Waals surface area contributed by atoms with Crippen LogP contribution >= 0.6 is 0 Å². The SMILES string of the molecule is Cc1n[nH]c(C)c1CCCN(C)C(=O)c1nc2ncccn2n1. The minimum atomic E-state index is -0.198. The monoisotopic (exact) mass is 313 g/mol. The molecule has 1 N–H and O–H groups in total. The van der Waals surface area contributed by atoms with Gasteiger partial charge in [0, 0.05) is 31.7 Å². The summed E-state index contributed by atoms with van der Waals surface area (Å²) in [5, 5.41) is 11.3. The molecule has 0 saturated heterocycles. The topological polar surface area (TPSA) is 92.1 Å². The third-order valence-corrected chi connectivity index (χ3v) is 3.86. The maximum absolute atomic E-state index is 12.4. The summed E-state index contributed by atoms with van der Waals surface area (Å²) in [6.07, 6.45) is 5.08. The fourth-order valence-corrected chi connectivity index (χ4v) is 2.53. The van der Waals surface area contributed by atoms with Crippen LogP contribution in [-0.4, -0.2) is 54.2 Å². The van der Waals surface area contributed by atoms with E-state index >= 15 is 0 Å². The number of aryl methyl sites for hydroxylation is 2. The van der Waals surface area contributed by atoms with Crippen molar-refractivity contribution >= 4 is 11.7 Å². The lowest BCUT2D eigenvalue weighted by molar-refractivity contribution is 0.0782. The fourth-order valence-electron chi connectivity index (χ4n) is 2.53. The van der Waals surface area contributed by atoms with E-state index in [2.05, 4.69) is 25.3 Å². The number of carbonyl (C=O) groups excluding carboxylic acids is 1. The van der Waals surface area contributed by atoms with E-state index in [1.807, 2.05) is 13.8 Å². The first-order valence-electron chi connectivity index (χ1n) is 7.49. The number of rotatable bonds is 5. The van der Waals surface area contributed by atoms with E-state index in [-0.39, 0.29) is 11.7 Å². The van der Waals surface area contributed by atoms with Gasteiger partial charge in [0.05, 0.1) is 5.69 Å². The Morgan fingerprint density at radius 2 is 2.22 bits per heavy atom. The minimum Gasteiger partial charge on any atom is -0.339 e. The molecule has 0 atom stereocenters. The highest BCUT2D eigenvalue weighted by atomic mass is 16.2. The van der Waals surface area contributed by atoms with Gasteiger partial charge in [0.1, 0.15) is 0 Å². The normalized spacial score (nSPS) is 11.1. The van der Waals surface area contributed by atoms with Crippen molar-refractivity contribution in [1.82, 2.24) is 34.7 Å². The molecule has 0 radical (unpaired) electrons. The molecular weight excluding hydrogens is 294 g/mol. The molecule has 0 aliphatic rings. The summed E-state index contributed by atoms with van der Waals surface area (Å²) in [6, 6.07) is 1.75. The van der Waals surface area contributed by atoms with Gasteiger partial charge in [-0.05, 0) is 38.3 Å². The smallest absolute Gasteiger partial charge is 0.293 e. The molecule has 3 heterocycles. The number of amides is 1. The highest BCUT2D eigenvalue weighted by Gasteiger charge is 2.17. The number of hydrogen-bond acceptors (Lipinski definition) is 5. The second-order valence-electron chi connectivity index (χ2n) is 5.54. The highest BCUT2D eigenvalue weighted by Crippen LogP contribution is 2.12. The van der Waals surface area contributed by atoms with Gasteiger partial charge in [0.25, 0.3) is 11.7 Å². The van der Waals surface area contributed by atoms with Crippen molar-refractivity contribution in [3.05, 3.63) is 41.2 Å². The van der Waals surface area contributed by atoms with Crippen molar-refractivity contribution in [1.29, 1.82) is 0 Å². The maximum atomic E-state index is 12.4. The summed E-state index contributed by atoms with van der Waals surface area (Å²) in [7, 11) is 1.76. The van der Waals surface area contributed by atoms with Gasteiger partial charge < -0.3 is 4.90 Å². The van der Waals surface area contributed by atoms with E-state index in [1.54, 1.807) is 30.4 Å². The summed E-state index contributed by atoms with van der Waals surface area (Å²) in [4.78, 5) is 22.2. The Labute approximate surface area is 133 Å². The van der Waals surface area contributed by atoms with E-state index in [0.29, 0.717) is 12.3 Å². The van der Waals surface area contributed by atoms with Crippen molar-refractivity contribution < 1.29 is 4.79 Å². The maximum Gasteiger partial charge on any atom is 0.293 e. The first-order valence-corrected chi connectivity index (χ1v) is 7.49. The second-order valence-corrected chi connectivity index (χ2v) is 5.54. The fraction of sp³-hybridized carbons (Fsp3) is 0.400. The summed E-state index contributed by atoms with van der Waals surface area (Å²) < 4.78 is 1.50. The Morgan fingerprint density at radius 1 is 1.39 bits per heavy atom. The predicted molar refractivity (Wildman–Crippen MR) is 84.1 cm³/mol. The Kier molecular flexibility index (Phi) is 4.05. The number of hydrogen-bond donors (Lipinski definition) is 1. The molecule has 0 unspecified atom stereocenters. The van der Waals surface area contributed by atoms with Crippen LogP contribution in [-0.2, 0) is 6.42 Å². The summed E-state index contributed by atoms with van der Waals surface area (Å²) in [5.41, 5.74) is 3.33. The third-order valence-electron chi connectivity index (χ3n) is 3.86. The first-order chi connectivity index (χ1) is 11.1. The highest BCUT2D eigenvalue weighted by molar-refractivity contribution is 5.90. The Morgan fingerprint density at radius 3 is 2.91 bits per heavy atom. The molecular formula is C15H19N7O. The molecule has 1 amide bonds. The Bertz CT molecular complexity index is 783. The predicted octanol–water partition coefficient (Wildman–Crippen LogP) is 1.17. The zero-order valence-corrected chi connectivity index (χ0v) is 13.4. The number of aromatic nitrogens is 6. The van der Waals surface area contributed by atoms with E-state index in [4.69, 9.17) is 0 Å². The first kappa shape index (κ1) is 15.1. The largest absolute Gasteiger partial charge is 0.339 e. The summed E-state index contributed by atoms with van der Waals surface area (Å²) >= 11 is 0. The van der Waals surface area contributed by atoms with Crippen molar-refractivity contribution in [3.63, 3.8) is 0 Å². The lowest BCUT2D eigenvalue weighted by atomic mass is 10.1. The van der Waals surface area contributed by atoms with Gasteiger partial charge in [-0.25, -0.2) is 9.50 Å². The number of fused-ring (bicyclic) bond motifs is 1. The average molecular weight is 313 g/mol. The molecule has 23 heavy (non-hydrogen) atoms. The molecule has 3 rings (SSSR count). The Hall–Kier alpha value is -2.77. The lowest BCUT2D eigenvalue weighted by Crippen LogP contribution is -2.29. The molecule has 0 aromatic carbocycles. The van der Waals surface area contributed by atoms with Crippen LogP contribution in [0, 0.1) is 13.8 Å². The second kappa shape index (κ2) is 6.15. The molecule has 0 spiro atoms. The van der Waals surface area contributed by atoms with Crippen molar-refractivity contribution in [2.45, 2.75) is 26.7 Å². The third kappa shape index (κ3) is 3.05. The number of carbonyl (C=O) groups is 1. The van der Waals surface area contributed by atoms with Crippen molar-refractivity contribution in [3.8, 4) is 0 Å². The van der Waals surface area contributed by atoms with Gasteiger partial charge in [-0.3, -0.25) is 9.89 Å². The van der Waals surface area contributed by atoms with Crippen LogP contribution in [0.5, 0.6) is 0 Å². The van der Waals surface area contributed by atoms with Crippen molar-refractivity contribution in [2.24, 2.45) is 0 Å². The molecule has 8 heteroatoms. The van der Waals surface area contributed by atoms with Crippen LogP contribution in [0.25, 0.3) is 5.78 Å². The van der Waals surface area contributed by atoms with Crippen LogP contribution in [0.4, 0.5) is 0 Å². The summed E-state index contributed by atoms with van der Waals surface area (Å²) in [5.74, 6) is 0.395. The molecule has 3 aromatic heterocycles. The van der Waals surface area contributed by atoms with Gasteiger partial charge in [-0.15, -0.1) is 5.10 Å². The van der Waals surface area contributed by atoms with Crippen LogP contribution in [0.1, 0.15) is 34.0 Å². The van der Waals surface area contributed by atoms with Crippen LogP contribution in [0.3, 0.4) is 0 Å². The van der Waals surface area contributed by atoms with Gasteiger partial charge >= 0.3 is 0 Å². The number of nitrogens with zero attached hydrogens (tertiary/aromatic N) is 6. The van der Waals surface area contributed by atoms with Crippen LogP contribution < -0.4 is 0 Å². The average Bonchev–Trinajstić information content (AvgIpc) is 3.11. The van der Waals surface area contributed by atoms with Crippen LogP contribution in [0.2, 0.25) is 0 Å². The summed E-state index contributed by atoms with van der Waals surface area (Å²) in [6.45, 7) is 4.63. The molecule has 0 aliphatic carbocycles. The van der Waals surface area contributed by atoms with Crippen molar-refractivity contribution in [2.75, 3.05) is 13.6 Å². The van der Waals surface area contributed by atoms with Gasteiger partial charge in [-0.2, -0.15) is 10.1 Å². The molecule has 0 fully saturated rings. The zero-order valence-electron chi connectivity index (χ0n) is 13.4. The number of aromatic amines is 1. The van der Waals surface area contributed by atoms with E-state index in [1.165, 1.54) is 10.1 Å². The molecule has 8 nitrogen and oxygen atoms in total. The Balaban J connectivity index is 1.61. The standard InChI is InChI=1S/C15H19N7O/c1-10-12(11(2)19-18-10)6-4-8-21(3)14(23)13-17-15-16-7-5-9-22(15)20-13/h5,7,9H,4,6,8H2,1-3H3,(H,18,19). The quantitative estimate of drug-likeness (QED) is 0.763. The zero-order chi connectivity index (χ0) is 16.4. The molecule has 120 valence electrons. The molecule has 0 aliphatic heterocycles. The van der Waals surface area contributed by atoms with Gasteiger partial charge in [0.15, 0.2) is 0 Å². The van der Waals surface area contributed by atoms with E-state index in [0.717, 1.165) is 24.2 Å². The molecule has 0 bridgehead atoms. The minimum absolute atomic E-state index is 0.168. The van der Waals surface area contributed by atoms with E-state index in [9.17, 15) is 4.79 Å². The van der Waals surface area contributed by atoms with E-state index < -0.39 is 0 Å². The molecule has 0 saturated carbocycles. The van der Waals surface area contributed by atoms with Crippen LogP contribution in [0.15, 0.2) is 18.5 Å². The van der Waals surface area contributed by atoms with Gasteiger partial charge in [-0.1, -0.05) is 0 Å². The van der Waals surface area contributed by atoms with Gasteiger partial charge in [0.2, 0.25) is 5.82 Å². The lowest BCUT2D eigenvalue weighted by Gasteiger charge is -2.14. The number of H-pyrrole nitrogens is 1.